The Balaban J connectivity index is 1.88. The molecule has 0 N–H and O–H groups in total. The second-order valence-electron chi connectivity index (χ2n) is 4.40. The quantitative estimate of drug-likeness (QED) is 0.563. The molecule has 0 radical (unpaired) electrons. The number of benzene rings is 1. The van der Waals surface area contributed by atoms with E-state index in [1.54, 1.807) is 12.4 Å². The standard InChI is InChI=1S/C15H10N4S/c1-2-14-12(10-18-20-14)9-13(1)19-8-7-17-15(19)11-3-5-16-6-4-11/h1-10H. The van der Waals surface area contributed by atoms with E-state index in [-0.39, 0.29) is 0 Å². The number of imidazole rings is 1. The van der Waals surface area contributed by atoms with Crippen LogP contribution < -0.4 is 0 Å². The Labute approximate surface area is 119 Å². The van der Waals surface area contributed by atoms with Crippen molar-refractivity contribution in [3.63, 3.8) is 0 Å². The van der Waals surface area contributed by atoms with Gasteiger partial charge in [-0.15, -0.1) is 0 Å². The maximum Gasteiger partial charge on any atom is 0.144 e. The molecule has 4 aromatic rings. The van der Waals surface area contributed by atoms with Gasteiger partial charge in [-0.1, -0.05) is 0 Å². The highest BCUT2D eigenvalue weighted by molar-refractivity contribution is 7.13. The minimum Gasteiger partial charge on any atom is -0.300 e. The molecular formula is C15H10N4S. The first kappa shape index (κ1) is 11.3. The highest BCUT2D eigenvalue weighted by Gasteiger charge is 2.08. The van der Waals surface area contributed by atoms with Gasteiger partial charge < -0.3 is 0 Å². The second-order valence-corrected chi connectivity index (χ2v) is 5.24. The number of aromatic nitrogens is 4. The molecule has 0 fully saturated rings. The van der Waals surface area contributed by atoms with Crippen LogP contribution >= 0.6 is 11.5 Å². The molecule has 1 aromatic carbocycles. The predicted molar refractivity (Wildman–Crippen MR) is 80.0 cm³/mol. The summed E-state index contributed by atoms with van der Waals surface area (Å²) in [5, 5.41) is 1.15. The van der Waals surface area contributed by atoms with Crippen molar-refractivity contribution in [3.8, 4) is 17.1 Å². The van der Waals surface area contributed by atoms with Crippen LogP contribution in [0.1, 0.15) is 0 Å². The van der Waals surface area contributed by atoms with Crippen LogP contribution in [0, 0.1) is 0 Å². The van der Waals surface area contributed by atoms with Gasteiger partial charge in [0.25, 0.3) is 0 Å². The molecule has 0 aliphatic heterocycles. The molecule has 3 aromatic heterocycles. The van der Waals surface area contributed by atoms with Gasteiger partial charge >= 0.3 is 0 Å². The van der Waals surface area contributed by atoms with Gasteiger partial charge in [0.15, 0.2) is 0 Å². The number of pyridine rings is 1. The third-order valence-corrected chi connectivity index (χ3v) is 3.97. The lowest BCUT2D eigenvalue weighted by atomic mass is 10.2. The van der Waals surface area contributed by atoms with Crippen molar-refractivity contribution in [2.45, 2.75) is 0 Å². The normalized spacial score (nSPS) is 11.0. The summed E-state index contributed by atoms with van der Waals surface area (Å²) in [5.74, 6) is 0.912. The molecule has 0 amide bonds. The van der Waals surface area contributed by atoms with Crippen LogP contribution in [0.4, 0.5) is 0 Å². The van der Waals surface area contributed by atoms with E-state index in [1.165, 1.54) is 16.2 Å². The molecule has 0 spiro atoms. The van der Waals surface area contributed by atoms with Crippen molar-refractivity contribution in [2.24, 2.45) is 0 Å². The fourth-order valence-electron chi connectivity index (χ4n) is 2.24. The molecule has 0 saturated carbocycles. The Morgan fingerprint density at radius 3 is 2.80 bits per heavy atom. The van der Waals surface area contributed by atoms with Crippen LogP contribution in [0.5, 0.6) is 0 Å². The van der Waals surface area contributed by atoms with Gasteiger partial charge in [0.2, 0.25) is 0 Å². The lowest BCUT2D eigenvalue weighted by molar-refractivity contribution is 1.07. The van der Waals surface area contributed by atoms with Crippen LogP contribution in [0.25, 0.3) is 27.2 Å². The average molecular weight is 278 g/mol. The number of hydrogen-bond donors (Lipinski definition) is 0. The summed E-state index contributed by atoms with van der Waals surface area (Å²) in [7, 11) is 0. The molecule has 0 unspecified atom stereocenters. The number of fused-ring (bicyclic) bond motifs is 1. The zero-order valence-corrected chi connectivity index (χ0v) is 11.3. The van der Waals surface area contributed by atoms with Gasteiger partial charge in [0.05, 0.1) is 4.70 Å². The lowest BCUT2D eigenvalue weighted by Gasteiger charge is -2.07. The first-order valence-corrected chi connectivity index (χ1v) is 6.98. The third-order valence-electron chi connectivity index (χ3n) is 3.19. The SMILES string of the molecule is c1cc(-c2nccn2-c2ccc3sncc3c2)ccn1. The number of rotatable bonds is 2. The Morgan fingerprint density at radius 2 is 1.90 bits per heavy atom. The topological polar surface area (TPSA) is 43.6 Å². The van der Waals surface area contributed by atoms with Gasteiger partial charge in [-0.25, -0.2) is 4.98 Å². The maximum absolute atomic E-state index is 4.45. The van der Waals surface area contributed by atoms with Gasteiger partial charge in [0.1, 0.15) is 5.82 Å². The molecule has 4 rings (SSSR count). The van der Waals surface area contributed by atoms with E-state index in [9.17, 15) is 0 Å². The van der Waals surface area contributed by atoms with Crippen LogP contribution in [-0.4, -0.2) is 18.9 Å². The van der Waals surface area contributed by atoms with Crippen molar-refractivity contribution in [1.82, 2.24) is 18.9 Å². The summed E-state index contributed by atoms with van der Waals surface area (Å²) >= 11 is 1.51. The summed E-state index contributed by atoms with van der Waals surface area (Å²) in [5.41, 5.74) is 2.13. The van der Waals surface area contributed by atoms with Crippen molar-refractivity contribution >= 4 is 21.6 Å². The predicted octanol–water partition coefficient (Wildman–Crippen LogP) is 3.54. The van der Waals surface area contributed by atoms with E-state index in [0.717, 1.165) is 22.5 Å². The molecule has 96 valence electrons. The Bertz CT molecular complexity index is 864. The van der Waals surface area contributed by atoms with Crippen LogP contribution in [0.3, 0.4) is 0 Å². The Morgan fingerprint density at radius 1 is 1.00 bits per heavy atom. The van der Waals surface area contributed by atoms with E-state index in [4.69, 9.17) is 0 Å². The molecule has 0 bridgehead atoms. The third kappa shape index (κ3) is 1.80. The average Bonchev–Trinajstić information content (AvgIpc) is 3.16. The van der Waals surface area contributed by atoms with Crippen LogP contribution in [-0.2, 0) is 0 Å². The van der Waals surface area contributed by atoms with Crippen molar-refractivity contribution in [1.29, 1.82) is 0 Å². The molecule has 20 heavy (non-hydrogen) atoms. The summed E-state index contributed by atoms with van der Waals surface area (Å²) in [6.45, 7) is 0. The fraction of sp³-hybridized carbons (Fsp3) is 0. The molecule has 0 aliphatic carbocycles. The van der Waals surface area contributed by atoms with Crippen molar-refractivity contribution in [2.75, 3.05) is 0 Å². The van der Waals surface area contributed by atoms with Gasteiger partial charge in [0, 0.05) is 47.6 Å². The van der Waals surface area contributed by atoms with E-state index in [2.05, 4.69) is 37.1 Å². The van der Waals surface area contributed by atoms with E-state index >= 15 is 0 Å². The van der Waals surface area contributed by atoms with E-state index in [0.29, 0.717) is 0 Å². The molecule has 0 saturated heterocycles. The van der Waals surface area contributed by atoms with Crippen LogP contribution in [0.15, 0.2) is 61.3 Å². The summed E-state index contributed by atoms with van der Waals surface area (Å²) in [6.07, 6.45) is 9.23. The highest BCUT2D eigenvalue weighted by Crippen LogP contribution is 2.25. The highest BCUT2D eigenvalue weighted by atomic mass is 32.1. The largest absolute Gasteiger partial charge is 0.300 e. The van der Waals surface area contributed by atoms with Crippen molar-refractivity contribution in [3.05, 3.63) is 61.3 Å². The van der Waals surface area contributed by atoms with E-state index in [1.807, 2.05) is 30.7 Å². The first-order chi connectivity index (χ1) is 9.92. The molecule has 3 heterocycles. The van der Waals surface area contributed by atoms with Gasteiger partial charge in [-0.3, -0.25) is 9.55 Å². The van der Waals surface area contributed by atoms with E-state index < -0.39 is 0 Å². The lowest BCUT2D eigenvalue weighted by Crippen LogP contribution is -1.96. The zero-order chi connectivity index (χ0) is 13.4. The minimum atomic E-state index is 0.912. The summed E-state index contributed by atoms with van der Waals surface area (Å²) < 4.78 is 7.48. The molecule has 0 aliphatic rings. The minimum absolute atomic E-state index is 0.912. The van der Waals surface area contributed by atoms with Crippen molar-refractivity contribution < 1.29 is 0 Å². The number of nitrogens with zero attached hydrogens (tertiary/aromatic N) is 4. The molecule has 5 heteroatoms. The zero-order valence-electron chi connectivity index (χ0n) is 10.5. The molecular weight excluding hydrogens is 268 g/mol. The summed E-state index contributed by atoms with van der Waals surface area (Å²) in [4.78, 5) is 8.50. The molecule has 0 atom stereocenters. The number of hydrogen-bond acceptors (Lipinski definition) is 4. The Kier molecular flexibility index (Phi) is 2.57. The van der Waals surface area contributed by atoms with Crippen LogP contribution in [0.2, 0.25) is 0 Å². The molecule has 4 nitrogen and oxygen atoms in total. The van der Waals surface area contributed by atoms with Gasteiger partial charge in [-0.05, 0) is 41.9 Å². The first-order valence-electron chi connectivity index (χ1n) is 6.20. The maximum atomic E-state index is 4.45. The Hall–Kier alpha value is -2.53. The monoisotopic (exact) mass is 278 g/mol. The fourth-order valence-corrected chi connectivity index (χ4v) is 2.86. The second kappa shape index (κ2) is 4.54. The smallest absolute Gasteiger partial charge is 0.144 e. The van der Waals surface area contributed by atoms with Gasteiger partial charge in [-0.2, -0.15) is 4.37 Å². The summed E-state index contributed by atoms with van der Waals surface area (Å²) in [6, 6.07) is 10.2.